The molecular formula is C8H10O3. The molecule has 0 saturated carbocycles. The van der Waals surface area contributed by atoms with E-state index in [0.29, 0.717) is 11.5 Å². The second kappa shape index (κ2) is 3.83. The monoisotopic (exact) mass is 154 g/mol. The fourth-order valence-corrected chi connectivity index (χ4v) is 0.808. The highest BCUT2D eigenvalue weighted by Crippen LogP contribution is 2.25. The van der Waals surface area contributed by atoms with Crippen LogP contribution in [-0.4, -0.2) is 19.0 Å². The number of benzene rings is 1. The molecule has 1 rings (SSSR count). The lowest BCUT2D eigenvalue weighted by Gasteiger charge is -2.06. The summed E-state index contributed by atoms with van der Waals surface area (Å²) in [7, 11) is 1.56. The fraction of sp³-hybridized carbons (Fsp3) is 0.250. The number of hydrogen-bond acceptors (Lipinski definition) is 3. The highest BCUT2D eigenvalue weighted by Gasteiger charge is 1.99. The molecule has 1 N–H and O–H groups in total. The summed E-state index contributed by atoms with van der Waals surface area (Å²) in [5.74, 6) is 1.18. The molecular weight excluding hydrogens is 144 g/mol. The van der Waals surface area contributed by atoms with Gasteiger partial charge in [0.2, 0.25) is 0 Å². The van der Waals surface area contributed by atoms with Crippen LogP contribution in [0, 0.1) is 0 Å². The zero-order valence-electron chi connectivity index (χ0n) is 6.28. The minimum Gasteiger partial charge on any atom is -0.493 e. The quantitative estimate of drug-likeness (QED) is 0.661. The van der Waals surface area contributed by atoms with E-state index in [4.69, 9.17) is 14.6 Å². The first-order valence-electron chi connectivity index (χ1n) is 3.25. The third-order valence-electron chi connectivity index (χ3n) is 1.29. The standard InChI is InChI=1S/C8H10O3/c1-10-7-4-2-3-5-8(7)11-6-9/h2-5,9H,6H2,1H3. The van der Waals surface area contributed by atoms with Gasteiger partial charge in [-0.1, -0.05) is 12.1 Å². The van der Waals surface area contributed by atoms with E-state index in [9.17, 15) is 0 Å². The smallest absolute Gasteiger partial charge is 0.186 e. The lowest BCUT2D eigenvalue weighted by molar-refractivity contribution is 0.0954. The van der Waals surface area contributed by atoms with Crippen LogP contribution in [0.25, 0.3) is 0 Å². The lowest BCUT2D eigenvalue weighted by atomic mass is 10.3. The summed E-state index contributed by atoms with van der Waals surface area (Å²) in [6.07, 6.45) is 0. The molecule has 60 valence electrons. The van der Waals surface area contributed by atoms with Gasteiger partial charge in [0.15, 0.2) is 18.3 Å². The molecule has 0 unspecified atom stereocenters. The third-order valence-corrected chi connectivity index (χ3v) is 1.29. The Labute approximate surface area is 65.2 Å². The van der Waals surface area contributed by atoms with Crippen molar-refractivity contribution < 1.29 is 14.6 Å². The summed E-state index contributed by atoms with van der Waals surface area (Å²) in [5, 5.41) is 8.46. The predicted octanol–water partition coefficient (Wildman–Crippen LogP) is 1.02. The van der Waals surface area contributed by atoms with E-state index in [0.717, 1.165) is 0 Å². The summed E-state index contributed by atoms with van der Waals surface area (Å²) in [5.41, 5.74) is 0. The van der Waals surface area contributed by atoms with E-state index in [1.165, 1.54) is 0 Å². The molecule has 0 heterocycles. The maximum atomic E-state index is 8.46. The molecule has 0 atom stereocenters. The molecule has 0 aliphatic carbocycles. The van der Waals surface area contributed by atoms with Crippen molar-refractivity contribution in [2.45, 2.75) is 0 Å². The Kier molecular flexibility index (Phi) is 2.74. The molecule has 0 radical (unpaired) electrons. The second-order valence-electron chi connectivity index (χ2n) is 1.92. The van der Waals surface area contributed by atoms with E-state index in [-0.39, 0.29) is 6.79 Å². The number of ether oxygens (including phenoxy) is 2. The van der Waals surface area contributed by atoms with Gasteiger partial charge < -0.3 is 14.6 Å². The Balaban J connectivity index is 2.83. The Morgan fingerprint density at radius 1 is 1.27 bits per heavy atom. The number of aliphatic hydroxyl groups is 1. The zero-order chi connectivity index (χ0) is 8.10. The molecule has 1 aromatic carbocycles. The largest absolute Gasteiger partial charge is 0.493 e. The molecule has 1 aromatic rings. The first kappa shape index (κ1) is 7.88. The average molecular weight is 154 g/mol. The minimum absolute atomic E-state index is 0.333. The normalized spacial score (nSPS) is 9.27. The van der Waals surface area contributed by atoms with Crippen LogP contribution in [0.15, 0.2) is 24.3 Å². The molecule has 3 nitrogen and oxygen atoms in total. The zero-order valence-corrected chi connectivity index (χ0v) is 6.28. The van der Waals surface area contributed by atoms with Crippen LogP contribution in [0.3, 0.4) is 0 Å². The number of hydrogen-bond donors (Lipinski definition) is 1. The summed E-state index contributed by atoms with van der Waals surface area (Å²) in [6.45, 7) is -0.333. The predicted molar refractivity (Wildman–Crippen MR) is 40.7 cm³/mol. The van der Waals surface area contributed by atoms with Crippen LogP contribution in [0.1, 0.15) is 0 Å². The van der Waals surface area contributed by atoms with Crippen molar-refractivity contribution in [1.29, 1.82) is 0 Å². The van der Waals surface area contributed by atoms with Gasteiger partial charge in [-0.2, -0.15) is 0 Å². The van der Waals surface area contributed by atoms with E-state index in [2.05, 4.69) is 0 Å². The lowest BCUT2D eigenvalue weighted by Crippen LogP contribution is -1.96. The topological polar surface area (TPSA) is 38.7 Å². The molecule has 11 heavy (non-hydrogen) atoms. The summed E-state index contributed by atoms with van der Waals surface area (Å²) in [4.78, 5) is 0. The number of methoxy groups -OCH3 is 1. The van der Waals surface area contributed by atoms with Gasteiger partial charge in [-0.05, 0) is 12.1 Å². The van der Waals surface area contributed by atoms with Gasteiger partial charge >= 0.3 is 0 Å². The SMILES string of the molecule is COc1ccccc1OCO. The Bertz CT molecular complexity index is 222. The maximum absolute atomic E-state index is 8.46. The van der Waals surface area contributed by atoms with Gasteiger partial charge in [0, 0.05) is 0 Å². The van der Waals surface area contributed by atoms with Crippen LogP contribution >= 0.6 is 0 Å². The van der Waals surface area contributed by atoms with Crippen molar-refractivity contribution in [3.63, 3.8) is 0 Å². The fourth-order valence-electron chi connectivity index (χ4n) is 0.808. The van der Waals surface area contributed by atoms with Crippen molar-refractivity contribution >= 4 is 0 Å². The van der Waals surface area contributed by atoms with Gasteiger partial charge in [0.25, 0.3) is 0 Å². The van der Waals surface area contributed by atoms with Crippen molar-refractivity contribution in [2.24, 2.45) is 0 Å². The number of rotatable bonds is 3. The molecule has 0 fully saturated rings. The van der Waals surface area contributed by atoms with Crippen LogP contribution < -0.4 is 9.47 Å². The molecule has 3 heteroatoms. The van der Waals surface area contributed by atoms with E-state index >= 15 is 0 Å². The van der Waals surface area contributed by atoms with Gasteiger partial charge in [-0.25, -0.2) is 0 Å². The van der Waals surface area contributed by atoms with Crippen molar-refractivity contribution in [3.8, 4) is 11.5 Å². The molecule has 0 aromatic heterocycles. The van der Waals surface area contributed by atoms with E-state index in [1.807, 2.05) is 12.1 Å². The highest BCUT2D eigenvalue weighted by molar-refractivity contribution is 5.39. The van der Waals surface area contributed by atoms with E-state index < -0.39 is 0 Å². The molecule has 0 spiro atoms. The number of aliphatic hydroxyl groups excluding tert-OH is 1. The molecule has 0 saturated heterocycles. The Morgan fingerprint density at radius 2 is 1.91 bits per heavy atom. The van der Waals surface area contributed by atoms with Crippen molar-refractivity contribution in [1.82, 2.24) is 0 Å². The van der Waals surface area contributed by atoms with Gasteiger partial charge in [0.1, 0.15) is 0 Å². The van der Waals surface area contributed by atoms with E-state index in [1.54, 1.807) is 19.2 Å². The van der Waals surface area contributed by atoms with Gasteiger partial charge in [-0.3, -0.25) is 0 Å². The molecule has 0 bridgehead atoms. The molecule has 0 aliphatic heterocycles. The first-order valence-corrected chi connectivity index (χ1v) is 3.25. The van der Waals surface area contributed by atoms with Crippen LogP contribution in [0.4, 0.5) is 0 Å². The van der Waals surface area contributed by atoms with Crippen LogP contribution in [0.2, 0.25) is 0 Å². The average Bonchev–Trinajstić information content (AvgIpc) is 2.06. The Hall–Kier alpha value is -1.22. The first-order chi connectivity index (χ1) is 5.38. The third kappa shape index (κ3) is 1.85. The van der Waals surface area contributed by atoms with Crippen molar-refractivity contribution in [2.75, 3.05) is 13.9 Å². The number of para-hydroxylation sites is 2. The minimum atomic E-state index is -0.333. The summed E-state index contributed by atoms with van der Waals surface area (Å²) < 4.78 is 9.82. The van der Waals surface area contributed by atoms with Gasteiger partial charge in [0.05, 0.1) is 7.11 Å². The summed E-state index contributed by atoms with van der Waals surface area (Å²) >= 11 is 0. The summed E-state index contributed by atoms with van der Waals surface area (Å²) in [6, 6.07) is 7.15. The second-order valence-corrected chi connectivity index (χ2v) is 1.92. The highest BCUT2D eigenvalue weighted by atomic mass is 16.6. The molecule has 0 aliphatic rings. The maximum Gasteiger partial charge on any atom is 0.186 e. The van der Waals surface area contributed by atoms with Crippen LogP contribution in [-0.2, 0) is 0 Å². The Morgan fingerprint density at radius 3 is 2.45 bits per heavy atom. The molecule has 0 amide bonds. The van der Waals surface area contributed by atoms with Crippen LogP contribution in [0.5, 0.6) is 11.5 Å². The van der Waals surface area contributed by atoms with Crippen molar-refractivity contribution in [3.05, 3.63) is 24.3 Å². The van der Waals surface area contributed by atoms with Gasteiger partial charge in [-0.15, -0.1) is 0 Å².